The van der Waals surface area contributed by atoms with E-state index in [4.69, 9.17) is 14.2 Å². The van der Waals surface area contributed by atoms with Crippen molar-refractivity contribution in [3.8, 4) is 0 Å². The van der Waals surface area contributed by atoms with Crippen molar-refractivity contribution >= 4 is 17.9 Å². The molecule has 362 valence electrons. The van der Waals surface area contributed by atoms with E-state index in [1.165, 1.54) is 103 Å². The minimum Gasteiger partial charge on any atom is -0.462 e. The van der Waals surface area contributed by atoms with Crippen LogP contribution in [0, 0.1) is 0 Å². The average molecular weight is 879 g/mol. The van der Waals surface area contributed by atoms with Gasteiger partial charge in [-0.25, -0.2) is 0 Å². The maximum absolute atomic E-state index is 12.8. The third-order valence-electron chi connectivity index (χ3n) is 11.2. The van der Waals surface area contributed by atoms with Crippen LogP contribution in [-0.2, 0) is 28.6 Å². The number of hydrogen-bond acceptors (Lipinski definition) is 6. The van der Waals surface area contributed by atoms with E-state index in [9.17, 15) is 14.4 Å². The molecule has 0 aromatic rings. The third kappa shape index (κ3) is 49.7. The molecule has 0 fully saturated rings. The van der Waals surface area contributed by atoms with E-state index < -0.39 is 6.10 Å². The Bertz CT molecular complexity index is 1190. The van der Waals surface area contributed by atoms with Crippen LogP contribution < -0.4 is 0 Å². The molecule has 1 unspecified atom stereocenters. The van der Waals surface area contributed by atoms with Crippen LogP contribution in [0.1, 0.15) is 252 Å². The van der Waals surface area contributed by atoms with Gasteiger partial charge in [0.2, 0.25) is 0 Å². The van der Waals surface area contributed by atoms with Crippen molar-refractivity contribution in [3.63, 3.8) is 0 Å². The lowest BCUT2D eigenvalue weighted by Crippen LogP contribution is -2.30. The number of allylic oxidation sites excluding steroid dienone is 12. The molecule has 0 radical (unpaired) electrons. The molecule has 0 spiro atoms. The van der Waals surface area contributed by atoms with Gasteiger partial charge >= 0.3 is 17.9 Å². The van der Waals surface area contributed by atoms with E-state index >= 15 is 0 Å². The number of unbranched alkanes of at least 4 members (excludes halogenated alkanes) is 24. The maximum Gasteiger partial charge on any atom is 0.306 e. The molecule has 0 aromatic carbocycles. The maximum atomic E-state index is 12.8. The number of hydrogen-bond donors (Lipinski definition) is 0. The Hall–Kier alpha value is -3.15. The van der Waals surface area contributed by atoms with Crippen LogP contribution in [0.5, 0.6) is 0 Å². The summed E-state index contributed by atoms with van der Waals surface area (Å²) in [6, 6.07) is 0. The van der Waals surface area contributed by atoms with Crippen LogP contribution in [0.4, 0.5) is 0 Å². The Kier molecular flexibility index (Phi) is 48.9. The first-order valence-electron chi connectivity index (χ1n) is 26.4. The quantitative estimate of drug-likeness (QED) is 0.0262. The molecule has 0 N–H and O–H groups in total. The lowest BCUT2D eigenvalue weighted by atomic mass is 10.1. The molecule has 0 heterocycles. The highest BCUT2D eigenvalue weighted by Crippen LogP contribution is 2.14. The van der Waals surface area contributed by atoms with Crippen LogP contribution in [0.15, 0.2) is 72.9 Å². The molecule has 0 aliphatic rings. The SMILES string of the molecule is CC/C=C\C/C=C\C/C=C\CCCCCCC(=O)OC(COC(=O)CCCCCCCCC/C=C\C/C=C\CC)COC(=O)CCCCCCCCC/C=C\CCCCCCCC. The fourth-order valence-corrected chi connectivity index (χ4v) is 7.25. The fourth-order valence-electron chi connectivity index (χ4n) is 7.25. The standard InChI is InChI=1S/C57H98O6/c1-4-7-10-13-16-19-22-25-28-29-30-33-35-38-41-44-47-50-56(59)62-53-54(63-57(60)51-48-45-42-39-36-32-27-24-21-18-15-12-9-6-3)52-61-55(58)49-46-43-40-37-34-31-26-23-20-17-14-11-8-5-2/h8-9,11-12,17-18,20-21,25,27-28,32,54H,4-7,10,13-16,19,22-24,26,29-31,33-53H2,1-3H3/b11-8-,12-9-,20-17-,21-18-,28-25-,32-27-. The van der Waals surface area contributed by atoms with E-state index in [2.05, 4.69) is 93.7 Å². The van der Waals surface area contributed by atoms with E-state index in [0.29, 0.717) is 19.3 Å². The number of esters is 3. The second-order valence-corrected chi connectivity index (χ2v) is 17.4. The normalized spacial score (nSPS) is 12.6. The molecule has 0 saturated carbocycles. The zero-order valence-electron chi connectivity index (χ0n) is 41.3. The summed E-state index contributed by atoms with van der Waals surface area (Å²) in [6.07, 6.45) is 64.6. The van der Waals surface area contributed by atoms with E-state index in [1.54, 1.807) is 0 Å². The lowest BCUT2D eigenvalue weighted by Gasteiger charge is -2.18. The molecule has 0 amide bonds. The lowest BCUT2D eigenvalue weighted by molar-refractivity contribution is -0.167. The first-order chi connectivity index (χ1) is 31.0. The van der Waals surface area contributed by atoms with Gasteiger partial charge in [0.1, 0.15) is 13.2 Å². The van der Waals surface area contributed by atoms with E-state index in [0.717, 1.165) is 109 Å². The summed E-state index contributed by atoms with van der Waals surface area (Å²) >= 11 is 0. The molecule has 0 rings (SSSR count). The van der Waals surface area contributed by atoms with E-state index in [-0.39, 0.29) is 31.1 Å². The van der Waals surface area contributed by atoms with Gasteiger partial charge in [0.15, 0.2) is 6.10 Å². The van der Waals surface area contributed by atoms with Gasteiger partial charge in [-0.05, 0) is 103 Å². The minimum atomic E-state index is -0.791. The number of rotatable bonds is 47. The van der Waals surface area contributed by atoms with Crippen molar-refractivity contribution < 1.29 is 28.6 Å². The highest BCUT2D eigenvalue weighted by atomic mass is 16.6. The third-order valence-corrected chi connectivity index (χ3v) is 11.2. The highest BCUT2D eigenvalue weighted by Gasteiger charge is 2.19. The van der Waals surface area contributed by atoms with Crippen molar-refractivity contribution in [2.24, 2.45) is 0 Å². The Morgan fingerprint density at radius 1 is 0.333 bits per heavy atom. The molecule has 0 bridgehead atoms. The summed E-state index contributed by atoms with van der Waals surface area (Å²) in [5, 5.41) is 0. The molecule has 6 heteroatoms. The predicted molar refractivity (Wildman–Crippen MR) is 270 cm³/mol. The largest absolute Gasteiger partial charge is 0.462 e. The Labute approximate surface area is 389 Å². The molecular weight excluding hydrogens is 781 g/mol. The van der Waals surface area contributed by atoms with Crippen LogP contribution in [0.25, 0.3) is 0 Å². The van der Waals surface area contributed by atoms with Gasteiger partial charge in [0.25, 0.3) is 0 Å². The topological polar surface area (TPSA) is 78.9 Å². The Balaban J connectivity index is 4.41. The molecule has 0 aliphatic carbocycles. The zero-order chi connectivity index (χ0) is 45.8. The smallest absolute Gasteiger partial charge is 0.306 e. The minimum absolute atomic E-state index is 0.0894. The number of ether oxygens (including phenoxy) is 3. The van der Waals surface area contributed by atoms with Gasteiger partial charge in [-0.15, -0.1) is 0 Å². The van der Waals surface area contributed by atoms with Gasteiger partial charge in [-0.3, -0.25) is 14.4 Å². The van der Waals surface area contributed by atoms with Crippen LogP contribution in [0.3, 0.4) is 0 Å². The van der Waals surface area contributed by atoms with Gasteiger partial charge in [-0.2, -0.15) is 0 Å². The Morgan fingerprint density at radius 2 is 0.619 bits per heavy atom. The second-order valence-electron chi connectivity index (χ2n) is 17.4. The van der Waals surface area contributed by atoms with Crippen LogP contribution >= 0.6 is 0 Å². The van der Waals surface area contributed by atoms with Gasteiger partial charge in [-0.1, -0.05) is 203 Å². The summed E-state index contributed by atoms with van der Waals surface area (Å²) in [4.78, 5) is 38.0. The van der Waals surface area contributed by atoms with Gasteiger partial charge < -0.3 is 14.2 Å². The molecular formula is C57H98O6. The average Bonchev–Trinajstić information content (AvgIpc) is 3.28. The summed E-state index contributed by atoms with van der Waals surface area (Å²) < 4.78 is 16.8. The monoisotopic (exact) mass is 879 g/mol. The fraction of sp³-hybridized carbons (Fsp3) is 0.737. The Morgan fingerprint density at radius 3 is 0.984 bits per heavy atom. The number of carbonyl (C=O) groups is 3. The highest BCUT2D eigenvalue weighted by molar-refractivity contribution is 5.71. The second kappa shape index (κ2) is 51.5. The molecule has 6 nitrogen and oxygen atoms in total. The zero-order valence-corrected chi connectivity index (χ0v) is 41.3. The van der Waals surface area contributed by atoms with Crippen molar-refractivity contribution in [1.82, 2.24) is 0 Å². The van der Waals surface area contributed by atoms with Crippen molar-refractivity contribution in [2.75, 3.05) is 13.2 Å². The molecule has 0 aromatic heterocycles. The van der Waals surface area contributed by atoms with Gasteiger partial charge in [0.05, 0.1) is 0 Å². The van der Waals surface area contributed by atoms with E-state index in [1.807, 2.05) is 0 Å². The molecule has 0 aliphatic heterocycles. The summed E-state index contributed by atoms with van der Waals surface area (Å²) in [5.74, 6) is -0.922. The van der Waals surface area contributed by atoms with Crippen LogP contribution in [0.2, 0.25) is 0 Å². The van der Waals surface area contributed by atoms with Crippen molar-refractivity contribution in [2.45, 2.75) is 258 Å². The number of carbonyl (C=O) groups excluding carboxylic acids is 3. The summed E-state index contributed by atoms with van der Waals surface area (Å²) in [6.45, 7) is 6.39. The predicted octanol–water partition coefficient (Wildman–Crippen LogP) is 17.4. The summed E-state index contributed by atoms with van der Waals surface area (Å²) in [5.41, 5.74) is 0. The molecule has 1 atom stereocenters. The van der Waals surface area contributed by atoms with Crippen molar-refractivity contribution in [1.29, 1.82) is 0 Å². The first-order valence-corrected chi connectivity index (χ1v) is 26.4. The van der Waals surface area contributed by atoms with Gasteiger partial charge in [0, 0.05) is 19.3 Å². The molecule has 0 saturated heterocycles. The summed E-state index contributed by atoms with van der Waals surface area (Å²) in [7, 11) is 0. The molecule has 63 heavy (non-hydrogen) atoms. The van der Waals surface area contributed by atoms with Crippen LogP contribution in [-0.4, -0.2) is 37.2 Å². The van der Waals surface area contributed by atoms with Crippen molar-refractivity contribution in [3.05, 3.63) is 72.9 Å². The first kappa shape index (κ1) is 59.9.